The zero-order valence-electron chi connectivity index (χ0n) is 18.0. The molecule has 0 atom stereocenters. The van der Waals surface area contributed by atoms with Gasteiger partial charge >= 0.3 is 0 Å². The zero-order valence-corrected chi connectivity index (χ0v) is 18.0. The summed E-state index contributed by atoms with van der Waals surface area (Å²) in [6.45, 7) is 0. The topological polar surface area (TPSA) is 9.23 Å². The molecule has 0 N–H and O–H groups in total. The Morgan fingerprint density at radius 3 is 1.82 bits per heavy atom. The molecule has 2 aliphatic carbocycles. The molecular formula is C32H20O. The first-order valence-corrected chi connectivity index (χ1v) is 11.6. The predicted molar refractivity (Wildman–Crippen MR) is 132 cm³/mol. The van der Waals surface area contributed by atoms with Crippen molar-refractivity contribution in [1.82, 2.24) is 0 Å². The summed E-state index contributed by atoms with van der Waals surface area (Å²) < 4.78 is 6.44. The molecule has 8 rings (SSSR count). The first-order valence-electron chi connectivity index (χ1n) is 11.6. The highest BCUT2D eigenvalue weighted by atomic mass is 16.5. The fraction of sp³-hybridized carbons (Fsp3) is 0.0625. The van der Waals surface area contributed by atoms with Crippen LogP contribution in [0.15, 0.2) is 109 Å². The second kappa shape index (κ2) is 6.02. The van der Waals surface area contributed by atoms with Gasteiger partial charge < -0.3 is 4.74 Å². The minimum atomic E-state index is -0.385. The van der Waals surface area contributed by atoms with Gasteiger partial charge in [0.25, 0.3) is 0 Å². The van der Waals surface area contributed by atoms with Gasteiger partial charge in [-0.05, 0) is 75.2 Å². The van der Waals surface area contributed by atoms with Crippen LogP contribution in [0.3, 0.4) is 0 Å². The molecule has 33 heavy (non-hydrogen) atoms. The van der Waals surface area contributed by atoms with E-state index in [1.165, 1.54) is 55.6 Å². The summed E-state index contributed by atoms with van der Waals surface area (Å²) >= 11 is 0. The minimum Gasteiger partial charge on any atom is -0.457 e. The van der Waals surface area contributed by atoms with E-state index in [0.29, 0.717) is 0 Å². The van der Waals surface area contributed by atoms with E-state index < -0.39 is 0 Å². The Hall–Kier alpha value is -4.10. The number of rotatable bonds is 0. The van der Waals surface area contributed by atoms with E-state index in [9.17, 15) is 0 Å². The molecule has 1 heteroatoms. The molecule has 0 fully saturated rings. The SMILES string of the molecule is c1ccc2c(c1)Cc1cc3c(cc1-2)C1(c2ccccc2Oc2ccccc21)c1ccccc1-3. The third-order valence-electron chi connectivity index (χ3n) is 7.76. The molecule has 0 saturated heterocycles. The highest BCUT2D eigenvalue weighted by molar-refractivity contribution is 5.92. The third kappa shape index (κ3) is 2.04. The summed E-state index contributed by atoms with van der Waals surface area (Å²) in [5, 5.41) is 0. The first-order chi connectivity index (χ1) is 16.4. The molecule has 0 saturated carbocycles. The average molecular weight is 421 g/mol. The van der Waals surface area contributed by atoms with E-state index in [2.05, 4.69) is 109 Å². The molecule has 1 nitrogen and oxygen atoms in total. The van der Waals surface area contributed by atoms with Crippen molar-refractivity contribution < 1.29 is 4.74 Å². The van der Waals surface area contributed by atoms with Crippen LogP contribution in [0.5, 0.6) is 11.5 Å². The van der Waals surface area contributed by atoms with Crippen LogP contribution >= 0.6 is 0 Å². The Bertz CT molecular complexity index is 1580. The first kappa shape index (κ1) is 17.5. The molecule has 5 aromatic carbocycles. The predicted octanol–water partition coefficient (Wildman–Crippen LogP) is 7.73. The van der Waals surface area contributed by atoms with E-state index >= 15 is 0 Å². The van der Waals surface area contributed by atoms with Crippen LogP contribution in [-0.4, -0.2) is 0 Å². The molecule has 1 heterocycles. The van der Waals surface area contributed by atoms with E-state index in [1.807, 2.05) is 0 Å². The third-order valence-corrected chi connectivity index (χ3v) is 7.76. The number of hydrogen-bond acceptors (Lipinski definition) is 1. The Morgan fingerprint density at radius 1 is 0.455 bits per heavy atom. The van der Waals surface area contributed by atoms with Crippen molar-refractivity contribution in [2.75, 3.05) is 0 Å². The minimum absolute atomic E-state index is 0.385. The van der Waals surface area contributed by atoms with Gasteiger partial charge in [-0.15, -0.1) is 0 Å². The number of ether oxygens (including phenoxy) is 1. The van der Waals surface area contributed by atoms with E-state index in [4.69, 9.17) is 4.74 Å². The fourth-order valence-electron chi connectivity index (χ4n) is 6.48. The number of hydrogen-bond donors (Lipinski definition) is 0. The van der Waals surface area contributed by atoms with Crippen molar-refractivity contribution >= 4 is 0 Å². The number of benzene rings is 5. The molecule has 3 aliphatic rings. The van der Waals surface area contributed by atoms with Gasteiger partial charge in [-0.3, -0.25) is 0 Å². The van der Waals surface area contributed by atoms with Crippen LogP contribution in [0, 0.1) is 0 Å². The van der Waals surface area contributed by atoms with Crippen molar-refractivity contribution in [2.24, 2.45) is 0 Å². The standard InChI is InChI=1S/C32H20O/c1-2-10-22-20(9-1)17-21-18-25-23-11-3-4-12-26(23)32(29(25)19-24(21)22)27-13-5-7-15-30(27)33-31-16-8-6-14-28(31)32/h1-16,18-19H,17H2. The lowest BCUT2D eigenvalue weighted by Crippen LogP contribution is -2.32. The molecule has 0 radical (unpaired) electrons. The van der Waals surface area contributed by atoms with E-state index in [-0.39, 0.29) is 5.41 Å². The molecule has 0 amide bonds. The summed E-state index contributed by atoms with van der Waals surface area (Å²) in [5.74, 6) is 1.89. The number of fused-ring (bicyclic) bond motifs is 12. The molecule has 1 aliphatic heterocycles. The fourth-order valence-corrected chi connectivity index (χ4v) is 6.48. The molecule has 1 spiro atoms. The molecule has 154 valence electrons. The summed E-state index contributed by atoms with van der Waals surface area (Å²) in [6, 6.07) is 39.9. The zero-order chi connectivity index (χ0) is 21.6. The summed E-state index contributed by atoms with van der Waals surface area (Å²) in [7, 11) is 0. The Morgan fingerprint density at radius 2 is 1.06 bits per heavy atom. The lowest BCUT2D eigenvalue weighted by molar-refractivity contribution is 0.436. The molecule has 0 bridgehead atoms. The Labute approximate surface area is 192 Å². The average Bonchev–Trinajstić information content (AvgIpc) is 3.37. The Balaban J connectivity index is 1.56. The van der Waals surface area contributed by atoms with Gasteiger partial charge in [0.1, 0.15) is 11.5 Å². The van der Waals surface area contributed by atoms with Crippen LogP contribution in [0.25, 0.3) is 22.3 Å². The largest absolute Gasteiger partial charge is 0.457 e. The highest BCUT2D eigenvalue weighted by Gasteiger charge is 2.51. The van der Waals surface area contributed by atoms with Crippen molar-refractivity contribution in [1.29, 1.82) is 0 Å². The van der Waals surface area contributed by atoms with Crippen LogP contribution in [0.4, 0.5) is 0 Å². The second-order valence-corrected chi connectivity index (χ2v) is 9.28. The number of para-hydroxylation sites is 2. The molecule has 0 aromatic heterocycles. The summed E-state index contributed by atoms with van der Waals surface area (Å²) in [5.41, 5.74) is 13.0. The monoisotopic (exact) mass is 420 g/mol. The second-order valence-electron chi connectivity index (χ2n) is 9.28. The van der Waals surface area contributed by atoms with Crippen LogP contribution in [0.1, 0.15) is 33.4 Å². The maximum Gasteiger partial charge on any atom is 0.132 e. The van der Waals surface area contributed by atoms with Gasteiger partial charge in [-0.2, -0.15) is 0 Å². The van der Waals surface area contributed by atoms with Crippen LogP contribution in [0.2, 0.25) is 0 Å². The lowest BCUT2D eigenvalue weighted by Gasteiger charge is -2.39. The van der Waals surface area contributed by atoms with E-state index in [1.54, 1.807) is 0 Å². The van der Waals surface area contributed by atoms with E-state index in [0.717, 1.165) is 17.9 Å². The van der Waals surface area contributed by atoms with Crippen molar-refractivity contribution in [3.63, 3.8) is 0 Å². The maximum absolute atomic E-state index is 6.44. The lowest BCUT2D eigenvalue weighted by atomic mass is 9.66. The van der Waals surface area contributed by atoms with Gasteiger partial charge in [0.05, 0.1) is 5.41 Å². The molecule has 5 aromatic rings. The van der Waals surface area contributed by atoms with Crippen LogP contribution < -0.4 is 4.74 Å². The summed E-state index contributed by atoms with van der Waals surface area (Å²) in [6.07, 6.45) is 1.00. The van der Waals surface area contributed by atoms with Gasteiger partial charge in [-0.1, -0.05) is 84.9 Å². The Kier molecular flexibility index (Phi) is 3.19. The molecule has 0 unspecified atom stereocenters. The van der Waals surface area contributed by atoms with Crippen molar-refractivity contribution in [2.45, 2.75) is 11.8 Å². The quantitative estimate of drug-likeness (QED) is 0.244. The van der Waals surface area contributed by atoms with Crippen molar-refractivity contribution in [3.8, 4) is 33.8 Å². The normalized spacial score (nSPS) is 15.0. The van der Waals surface area contributed by atoms with Gasteiger partial charge in [-0.25, -0.2) is 0 Å². The van der Waals surface area contributed by atoms with Gasteiger partial charge in [0.2, 0.25) is 0 Å². The van der Waals surface area contributed by atoms with Crippen molar-refractivity contribution in [3.05, 3.63) is 143 Å². The highest BCUT2D eigenvalue weighted by Crippen LogP contribution is 2.63. The van der Waals surface area contributed by atoms with Gasteiger partial charge in [0.15, 0.2) is 0 Å². The molecular weight excluding hydrogens is 400 g/mol. The summed E-state index contributed by atoms with van der Waals surface area (Å²) in [4.78, 5) is 0. The maximum atomic E-state index is 6.44. The smallest absolute Gasteiger partial charge is 0.132 e. The van der Waals surface area contributed by atoms with Gasteiger partial charge in [0, 0.05) is 11.1 Å². The van der Waals surface area contributed by atoms with Crippen LogP contribution in [-0.2, 0) is 11.8 Å².